The predicted molar refractivity (Wildman–Crippen MR) is 318 cm³/mol. The minimum atomic E-state index is -0.237. The van der Waals surface area contributed by atoms with Crippen LogP contribution in [0.1, 0.15) is 36.2 Å². The van der Waals surface area contributed by atoms with Gasteiger partial charge in [-0.1, -0.05) is 188 Å². The van der Waals surface area contributed by atoms with Crippen molar-refractivity contribution in [2.45, 2.75) is 32.9 Å². The minimum absolute atomic E-state index is 0.234. The summed E-state index contributed by atoms with van der Waals surface area (Å²) >= 11 is 5.87. The molecule has 0 saturated carbocycles. The molecule has 1 atom stereocenters. The van der Waals surface area contributed by atoms with Gasteiger partial charge in [0.25, 0.3) is 5.91 Å². The number of hydrogen-bond acceptors (Lipinski definition) is 12. The second kappa shape index (κ2) is 26.8. The van der Waals surface area contributed by atoms with Crippen molar-refractivity contribution in [3.05, 3.63) is 247 Å². The summed E-state index contributed by atoms with van der Waals surface area (Å²) in [5, 5.41) is 0.729. The Hall–Kier alpha value is -10.3. The second-order valence-electron chi connectivity index (χ2n) is 17.6. The number of anilines is 5. The van der Waals surface area contributed by atoms with E-state index in [-0.39, 0.29) is 11.9 Å². The smallest absolute Gasteiger partial charge is 0.270 e. The highest BCUT2D eigenvalue weighted by atomic mass is 35.5. The van der Waals surface area contributed by atoms with E-state index in [0.29, 0.717) is 41.7 Å². The average Bonchev–Trinajstić information content (AvgIpc) is 4.28. The monoisotopic (exact) mass is 1060 g/mol. The van der Waals surface area contributed by atoms with Gasteiger partial charge in [0.1, 0.15) is 0 Å². The number of amides is 1. The number of halogens is 1. The van der Waals surface area contributed by atoms with Gasteiger partial charge in [0.05, 0.1) is 59.8 Å². The van der Waals surface area contributed by atoms with Gasteiger partial charge in [0.15, 0.2) is 0 Å². The fourth-order valence-corrected chi connectivity index (χ4v) is 7.63. The molecule has 18 heteroatoms. The number of rotatable bonds is 14. The molecule has 11 rings (SSSR count). The summed E-state index contributed by atoms with van der Waals surface area (Å²) in [7, 11) is 0. The first-order chi connectivity index (χ1) is 38.0. The molecule has 17 nitrogen and oxygen atoms in total. The maximum atomic E-state index is 12.1. The van der Waals surface area contributed by atoms with E-state index in [4.69, 9.17) is 34.5 Å². The Bertz CT molecular complexity index is 3550. The number of imidazole rings is 4. The van der Waals surface area contributed by atoms with Gasteiger partial charge >= 0.3 is 0 Å². The number of carbonyl (C=O) groups is 1. The lowest BCUT2D eigenvalue weighted by molar-refractivity contribution is 0.101. The number of benzene rings is 7. The van der Waals surface area contributed by atoms with Gasteiger partial charge in [0, 0.05) is 38.9 Å². The molecule has 0 aliphatic heterocycles. The molecule has 0 spiro atoms. The summed E-state index contributed by atoms with van der Waals surface area (Å²) in [5.74, 6) is 1.35. The summed E-state index contributed by atoms with van der Waals surface area (Å²) in [6.07, 6.45) is 8.44. The predicted octanol–water partition coefficient (Wildman–Crippen LogP) is 11.5. The van der Waals surface area contributed by atoms with Crippen molar-refractivity contribution in [3.63, 3.8) is 0 Å². The van der Waals surface area contributed by atoms with Gasteiger partial charge in [-0.2, -0.15) is 0 Å². The fourth-order valence-electron chi connectivity index (χ4n) is 7.50. The zero-order valence-corrected chi connectivity index (χ0v) is 43.9. The minimum Gasteiger partial charge on any atom is -0.368 e. The molecule has 4 aromatic heterocycles. The van der Waals surface area contributed by atoms with E-state index in [9.17, 15) is 4.79 Å². The van der Waals surface area contributed by atoms with Crippen LogP contribution < -0.4 is 44.6 Å². The van der Waals surface area contributed by atoms with E-state index < -0.39 is 0 Å². The highest BCUT2D eigenvalue weighted by molar-refractivity contribution is 6.30. The molecule has 0 fully saturated rings. The Kier molecular flexibility index (Phi) is 18.6. The molecule has 0 saturated heterocycles. The molecule has 0 radical (unpaired) electrons. The number of nitrogens with two attached hydrogens (primary N) is 4. The van der Waals surface area contributed by atoms with Crippen molar-refractivity contribution >= 4 is 47.0 Å². The van der Waals surface area contributed by atoms with Gasteiger partial charge in [-0.3, -0.25) is 15.6 Å². The van der Waals surface area contributed by atoms with Gasteiger partial charge in [-0.25, -0.2) is 38.6 Å². The van der Waals surface area contributed by atoms with Gasteiger partial charge in [-0.15, -0.1) is 0 Å². The molecule has 1 amide bonds. The first kappa shape index (κ1) is 54.0. The quantitative estimate of drug-likeness (QED) is 0.0507. The van der Waals surface area contributed by atoms with Gasteiger partial charge in [0.2, 0.25) is 23.8 Å². The highest BCUT2D eigenvalue weighted by Gasteiger charge is 2.12. The standard InChI is InChI=1S/C16H15ClN4.C16H14N4O.C15H14N4.C13H18N4/c17-14-8-6-12(7-9-14)10-19-21-11-15(20-16(21)18)13-4-2-1-3-5-13;17-16-18-14(12-7-3-1-4-8-12)11-20(16)19-15(21)13-9-5-2-6-10-13;16-15-17-14(12-7-3-1-4-8-12)11-19(15)18-13-9-5-2-6-10-13;1-3-10(2)16-17-9-12(15-13(17)14)11-7-5-4-6-8-11/h1-9,11,19H,10H2,(H2,18,20);1-11H,(H2,17,18)(H,19,21);1-11,18H,(H2,16,17);4-10,16H,3H2,1-2H3,(H2,14,15). The van der Waals surface area contributed by atoms with Crippen LogP contribution in [0.5, 0.6) is 0 Å². The van der Waals surface area contributed by atoms with Crippen molar-refractivity contribution in [2.24, 2.45) is 0 Å². The summed E-state index contributed by atoms with van der Waals surface area (Å²) in [6, 6.07) is 66.4. The molecule has 4 heterocycles. The SMILES string of the molecule is CCC(C)Nn1cc(-c2ccccc2)nc1N.Nc1nc(-c2ccccc2)cn1NC(=O)c1ccccc1.Nc1nc(-c2ccccc2)cn1NCc1ccc(Cl)cc1.Nc1nc(-c2ccccc2)cn1Nc1ccccc1. The van der Waals surface area contributed by atoms with E-state index in [2.05, 4.69) is 55.5 Å². The number of para-hydroxylation sites is 1. The molecular weight excluding hydrogens is 996 g/mol. The summed E-state index contributed by atoms with van der Waals surface area (Å²) in [6.45, 7) is 4.89. The zero-order chi connectivity index (χ0) is 54.6. The zero-order valence-electron chi connectivity index (χ0n) is 43.1. The van der Waals surface area contributed by atoms with Crippen LogP contribution in [0, 0.1) is 0 Å². The molecule has 11 aromatic rings. The van der Waals surface area contributed by atoms with Crippen LogP contribution in [0.4, 0.5) is 29.5 Å². The molecule has 0 bridgehead atoms. The first-order valence-corrected chi connectivity index (χ1v) is 25.4. The molecule has 0 aliphatic rings. The van der Waals surface area contributed by atoms with Crippen LogP contribution in [0.2, 0.25) is 5.02 Å². The van der Waals surface area contributed by atoms with Crippen molar-refractivity contribution in [1.29, 1.82) is 0 Å². The van der Waals surface area contributed by atoms with E-state index in [1.807, 2.05) is 213 Å². The molecular formula is C60H61ClN16O. The summed E-state index contributed by atoms with van der Waals surface area (Å²) in [5.41, 5.74) is 46.0. The third-order valence-electron chi connectivity index (χ3n) is 11.8. The Balaban J connectivity index is 0.000000138. The highest BCUT2D eigenvalue weighted by Crippen LogP contribution is 2.23. The van der Waals surface area contributed by atoms with Crippen LogP contribution in [0.25, 0.3) is 45.0 Å². The number of nitrogens with one attached hydrogen (secondary N) is 4. The topological polar surface area (TPSA) is 241 Å². The molecule has 0 aliphatic carbocycles. The van der Waals surface area contributed by atoms with Gasteiger partial charge in [-0.05, 0) is 55.3 Å². The summed E-state index contributed by atoms with van der Waals surface area (Å²) in [4.78, 5) is 29.4. The number of nitrogens with zero attached hydrogens (tertiary/aromatic N) is 8. The second-order valence-corrected chi connectivity index (χ2v) is 18.0. The van der Waals surface area contributed by atoms with Crippen LogP contribution in [0.3, 0.4) is 0 Å². The lowest BCUT2D eigenvalue weighted by atomic mass is 10.2. The Morgan fingerprint density at radius 1 is 0.474 bits per heavy atom. The number of carbonyl (C=O) groups excluding carboxylic acids is 1. The van der Waals surface area contributed by atoms with Crippen LogP contribution in [-0.4, -0.2) is 50.6 Å². The first-order valence-electron chi connectivity index (χ1n) is 25.0. The maximum Gasteiger partial charge on any atom is 0.270 e. The molecule has 12 N–H and O–H groups in total. The van der Waals surface area contributed by atoms with Crippen molar-refractivity contribution in [1.82, 2.24) is 38.6 Å². The lowest BCUT2D eigenvalue weighted by Crippen LogP contribution is -2.24. The normalized spacial score (nSPS) is 10.8. The molecule has 7 aromatic carbocycles. The van der Waals surface area contributed by atoms with E-state index in [0.717, 1.165) is 62.0 Å². The Labute approximate surface area is 458 Å². The van der Waals surface area contributed by atoms with Crippen LogP contribution >= 0.6 is 11.6 Å². The molecule has 78 heavy (non-hydrogen) atoms. The Morgan fingerprint density at radius 2 is 0.833 bits per heavy atom. The fraction of sp³-hybridized carbons (Fsp3) is 0.0833. The van der Waals surface area contributed by atoms with E-state index in [1.165, 1.54) is 4.68 Å². The Morgan fingerprint density at radius 3 is 1.28 bits per heavy atom. The third-order valence-corrected chi connectivity index (χ3v) is 12.1. The molecule has 394 valence electrons. The summed E-state index contributed by atoms with van der Waals surface area (Å²) < 4.78 is 6.67. The average molecular weight is 1060 g/mol. The molecule has 1 unspecified atom stereocenters. The van der Waals surface area contributed by atoms with Crippen molar-refractivity contribution in [2.75, 3.05) is 44.6 Å². The van der Waals surface area contributed by atoms with E-state index >= 15 is 0 Å². The number of nitrogen functional groups attached to an aromatic ring is 4. The van der Waals surface area contributed by atoms with Gasteiger partial charge < -0.3 is 33.8 Å². The van der Waals surface area contributed by atoms with Crippen molar-refractivity contribution < 1.29 is 4.79 Å². The maximum absolute atomic E-state index is 12.1. The van der Waals surface area contributed by atoms with Crippen LogP contribution in [0.15, 0.2) is 231 Å². The number of hydrogen-bond donors (Lipinski definition) is 8. The van der Waals surface area contributed by atoms with E-state index in [1.54, 1.807) is 32.4 Å². The lowest BCUT2D eigenvalue weighted by Gasteiger charge is -2.14. The number of aromatic nitrogens is 8. The van der Waals surface area contributed by atoms with Crippen molar-refractivity contribution in [3.8, 4) is 45.0 Å². The largest absolute Gasteiger partial charge is 0.368 e. The third kappa shape index (κ3) is 15.2. The van der Waals surface area contributed by atoms with Crippen LogP contribution in [-0.2, 0) is 6.54 Å².